The van der Waals surface area contributed by atoms with Gasteiger partial charge in [0.1, 0.15) is 5.82 Å². The van der Waals surface area contributed by atoms with Gasteiger partial charge >= 0.3 is 0 Å². The molecule has 2 rings (SSSR count). The van der Waals surface area contributed by atoms with E-state index in [-0.39, 0.29) is 12.2 Å². The van der Waals surface area contributed by atoms with Gasteiger partial charge in [0, 0.05) is 17.0 Å². The van der Waals surface area contributed by atoms with E-state index in [9.17, 15) is 9.50 Å². The lowest BCUT2D eigenvalue weighted by Crippen LogP contribution is -2.07. The van der Waals surface area contributed by atoms with E-state index in [2.05, 4.69) is 0 Å². The molecule has 1 atom stereocenters. The second-order valence-electron chi connectivity index (χ2n) is 4.73. The molecule has 0 fully saturated rings. The van der Waals surface area contributed by atoms with Crippen molar-refractivity contribution in [2.75, 3.05) is 0 Å². The summed E-state index contributed by atoms with van der Waals surface area (Å²) in [5, 5.41) is 10.7. The molecule has 0 aliphatic heterocycles. The van der Waals surface area contributed by atoms with E-state index < -0.39 is 6.10 Å². The van der Waals surface area contributed by atoms with Crippen molar-refractivity contribution >= 4 is 11.6 Å². The van der Waals surface area contributed by atoms with Crippen LogP contribution in [-0.2, 0) is 6.42 Å². The van der Waals surface area contributed by atoms with Crippen molar-refractivity contribution in [3.05, 3.63) is 69.5 Å². The Bertz CT molecular complexity index is 555. The highest BCUT2D eigenvalue weighted by molar-refractivity contribution is 6.31. The summed E-state index contributed by atoms with van der Waals surface area (Å²) in [5.74, 6) is -0.377. The van der Waals surface area contributed by atoms with Crippen LogP contribution in [0.1, 0.15) is 28.4 Å². The molecule has 0 saturated heterocycles. The third kappa shape index (κ3) is 2.96. The van der Waals surface area contributed by atoms with Crippen LogP contribution in [0.3, 0.4) is 0 Å². The van der Waals surface area contributed by atoms with Crippen LogP contribution in [0.4, 0.5) is 4.39 Å². The number of aliphatic hydroxyl groups excluding tert-OH is 1. The number of halogens is 2. The fourth-order valence-electron chi connectivity index (χ4n) is 2.38. The van der Waals surface area contributed by atoms with Crippen molar-refractivity contribution in [3.63, 3.8) is 0 Å². The van der Waals surface area contributed by atoms with Crippen molar-refractivity contribution < 1.29 is 9.50 Å². The predicted octanol–water partition coefficient (Wildman–Crippen LogP) is 4.37. The number of aryl methyl sites for hydroxylation is 2. The molecule has 0 saturated carbocycles. The average molecular weight is 279 g/mol. The molecule has 2 aromatic rings. The average Bonchev–Trinajstić information content (AvgIpc) is 2.34. The van der Waals surface area contributed by atoms with Crippen LogP contribution < -0.4 is 0 Å². The Morgan fingerprint density at radius 3 is 2.26 bits per heavy atom. The molecule has 0 heterocycles. The molecule has 2 aromatic carbocycles. The van der Waals surface area contributed by atoms with Crippen molar-refractivity contribution in [1.29, 1.82) is 0 Å². The molecular weight excluding hydrogens is 263 g/mol. The fraction of sp³-hybridized carbons (Fsp3) is 0.250. The van der Waals surface area contributed by atoms with Crippen LogP contribution in [0.15, 0.2) is 36.4 Å². The smallest absolute Gasteiger partial charge is 0.127 e. The van der Waals surface area contributed by atoms with E-state index in [4.69, 9.17) is 11.6 Å². The van der Waals surface area contributed by atoms with Crippen molar-refractivity contribution in [3.8, 4) is 0 Å². The first kappa shape index (κ1) is 14.0. The zero-order valence-corrected chi connectivity index (χ0v) is 11.7. The van der Waals surface area contributed by atoms with Gasteiger partial charge < -0.3 is 5.11 Å². The van der Waals surface area contributed by atoms with E-state index >= 15 is 0 Å². The van der Waals surface area contributed by atoms with E-state index in [1.54, 1.807) is 12.1 Å². The van der Waals surface area contributed by atoms with E-state index in [1.165, 1.54) is 6.07 Å². The number of hydrogen-bond donors (Lipinski definition) is 1. The summed E-state index contributed by atoms with van der Waals surface area (Å²) < 4.78 is 13.7. The van der Waals surface area contributed by atoms with Gasteiger partial charge in [-0.25, -0.2) is 4.39 Å². The molecule has 0 bridgehead atoms. The summed E-state index contributed by atoms with van der Waals surface area (Å²) in [6.45, 7) is 3.88. The Morgan fingerprint density at radius 1 is 1.11 bits per heavy atom. The van der Waals surface area contributed by atoms with Gasteiger partial charge in [0.25, 0.3) is 0 Å². The van der Waals surface area contributed by atoms with Crippen molar-refractivity contribution in [1.82, 2.24) is 0 Å². The number of aliphatic hydroxyl groups is 1. The van der Waals surface area contributed by atoms with Crippen LogP contribution in [0.2, 0.25) is 5.02 Å². The Kier molecular flexibility index (Phi) is 4.23. The first-order chi connectivity index (χ1) is 9.00. The van der Waals surface area contributed by atoms with Gasteiger partial charge in [-0.3, -0.25) is 0 Å². The second-order valence-corrected chi connectivity index (χ2v) is 5.13. The Balaban J connectivity index is 2.34. The van der Waals surface area contributed by atoms with Gasteiger partial charge in [-0.05, 0) is 42.7 Å². The first-order valence-corrected chi connectivity index (χ1v) is 6.55. The fourth-order valence-corrected chi connectivity index (χ4v) is 2.62. The van der Waals surface area contributed by atoms with Crippen molar-refractivity contribution in [2.45, 2.75) is 26.4 Å². The van der Waals surface area contributed by atoms with Gasteiger partial charge in [0.2, 0.25) is 0 Å². The highest BCUT2D eigenvalue weighted by Gasteiger charge is 2.17. The van der Waals surface area contributed by atoms with Gasteiger partial charge in [-0.1, -0.05) is 35.9 Å². The van der Waals surface area contributed by atoms with Crippen LogP contribution in [0.25, 0.3) is 0 Å². The van der Waals surface area contributed by atoms with Crippen LogP contribution in [0.5, 0.6) is 0 Å². The first-order valence-electron chi connectivity index (χ1n) is 6.17. The Hall–Kier alpha value is -1.38. The summed E-state index contributed by atoms with van der Waals surface area (Å²) in [7, 11) is 0. The quantitative estimate of drug-likeness (QED) is 0.884. The lowest BCUT2D eigenvalue weighted by atomic mass is 9.94. The summed E-state index contributed by atoms with van der Waals surface area (Å²) >= 11 is 5.99. The van der Waals surface area contributed by atoms with Crippen LogP contribution in [-0.4, -0.2) is 5.11 Å². The monoisotopic (exact) mass is 278 g/mol. The molecule has 1 unspecified atom stereocenters. The predicted molar refractivity (Wildman–Crippen MR) is 76.0 cm³/mol. The minimum Gasteiger partial charge on any atom is -0.388 e. The molecule has 1 N–H and O–H groups in total. The highest BCUT2D eigenvalue weighted by Crippen LogP contribution is 2.28. The summed E-state index contributed by atoms with van der Waals surface area (Å²) in [5.41, 5.74) is 3.21. The number of hydrogen-bond acceptors (Lipinski definition) is 1. The molecule has 3 heteroatoms. The zero-order valence-electron chi connectivity index (χ0n) is 11.0. The maximum absolute atomic E-state index is 13.7. The molecule has 0 spiro atoms. The molecular formula is C16H16ClFO. The minimum atomic E-state index is -0.754. The minimum absolute atomic E-state index is 0.178. The molecule has 19 heavy (non-hydrogen) atoms. The lowest BCUT2D eigenvalue weighted by molar-refractivity contribution is 0.175. The molecule has 0 aliphatic rings. The molecule has 0 aliphatic carbocycles. The van der Waals surface area contributed by atoms with E-state index in [1.807, 2.05) is 32.0 Å². The maximum Gasteiger partial charge on any atom is 0.127 e. The summed E-state index contributed by atoms with van der Waals surface area (Å²) in [6, 6.07) is 10.4. The maximum atomic E-state index is 13.7. The number of benzene rings is 2. The second kappa shape index (κ2) is 5.72. The third-order valence-electron chi connectivity index (χ3n) is 3.33. The SMILES string of the molecule is Cc1cccc(C)c1C(O)Cc1c(F)cccc1Cl. The lowest BCUT2D eigenvalue weighted by Gasteiger charge is -2.17. The van der Waals surface area contributed by atoms with Crippen LogP contribution >= 0.6 is 11.6 Å². The summed E-state index contributed by atoms with van der Waals surface area (Å²) in [4.78, 5) is 0. The van der Waals surface area contributed by atoms with E-state index in [0.29, 0.717) is 10.6 Å². The number of rotatable bonds is 3. The van der Waals surface area contributed by atoms with Gasteiger partial charge in [-0.2, -0.15) is 0 Å². The largest absolute Gasteiger partial charge is 0.388 e. The summed E-state index contributed by atoms with van der Waals surface area (Å²) in [6.07, 6.45) is -0.576. The molecule has 1 nitrogen and oxygen atoms in total. The topological polar surface area (TPSA) is 20.2 Å². The Morgan fingerprint density at radius 2 is 1.68 bits per heavy atom. The standard InChI is InChI=1S/C16H16ClFO/c1-10-5-3-6-11(2)16(10)15(19)9-12-13(17)7-4-8-14(12)18/h3-8,15,19H,9H2,1-2H3. The Labute approximate surface area is 117 Å². The zero-order chi connectivity index (χ0) is 14.0. The van der Waals surface area contributed by atoms with Gasteiger partial charge in [0.15, 0.2) is 0 Å². The van der Waals surface area contributed by atoms with Gasteiger partial charge in [0.05, 0.1) is 6.10 Å². The normalized spacial score (nSPS) is 12.5. The molecule has 0 amide bonds. The highest BCUT2D eigenvalue weighted by atomic mass is 35.5. The molecule has 0 radical (unpaired) electrons. The van der Waals surface area contributed by atoms with E-state index in [0.717, 1.165) is 16.7 Å². The van der Waals surface area contributed by atoms with Crippen LogP contribution in [0, 0.1) is 19.7 Å². The molecule has 100 valence electrons. The molecule has 0 aromatic heterocycles. The third-order valence-corrected chi connectivity index (χ3v) is 3.69. The van der Waals surface area contributed by atoms with Gasteiger partial charge in [-0.15, -0.1) is 0 Å². The van der Waals surface area contributed by atoms with Crippen molar-refractivity contribution in [2.24, 2.45) is 0 Å².